The van der Waals surface area contributed by atoms with Gasteiger partial charge >= 0.3 is 5.97 Å². The predicted octanol–water partition coefficient (Wildman–Crippen LogP) is 0.198. The summed E-state index contributed by atoms with van der Waals surface area (Å²) in [4.78, 5) is 40.0. The molecular weight excluding hydrogens is 312 g/mol. The van der Waals surface area contributed by atoms with E-state index in [4.69, 9.17) is 9.94 Å². The van der Waals surface area contributed by atoms with Crippen molar-refractivity contribution in [2.75, 3.05) is 13.2 Å². The Hall–Kier alpha value is -2.81. The minimum Gasteiger partial charge on any atom is -0.505 e. The van der Waals surface area contributed by atoms with Crippen molar-refractivity contribution in [1.82, 2.24) is 10.0 Å². The maximum atomic E-state index is 12.3. The number of carbonyl (C=O) groups excluding carboxylic acids is 1. The Balaban J connectivity index is 2.58. The summed E-state index contributed by atoms with van der Waals surface area (Å²) in [6.45, 7) is 2.81. The molecule has 0 aliphatic carbocycles. The lowest BCUT2D eigenvalue weighted by molar-refractivity contribution is -0.135. The van der Waals surface area contributed by atoms with Crippen molar-refractivity contribution in [1.29, 1.82) is 0 Å². The molecule has 3 N–H and O–H groups in total. The number of carboxylic acid groups (broad SMARTS) is 1. The molecule has 2 aromatic rings. The molecule has 0 aliphatic rings. The van der Waals surface area contributed by atoms with E-state index in [1.807, 2.05) is 5.32 Å². The number of nitrogens with zero attached hydrogens (tertiary/aromatic N) is 1. The second-order valence-corrected chi connectivity index (χ2v) is 5.04. The number of pyridine rings is 1. The molecule has 116 valence electrons. The van der Waals surface area contributed by atoms with Crippen molar-refractivity contribution in [3.63, 3.8) is 0 Å². The Morgan fingerprint density at radius 3 is 2.86 bits per heavy atom. The molecule has 0 bridgehead atoms. The van der Waals surface area contributed by atoms with Gasteiger partial charge in [0, 0.05) is 0 Å². The molecule has 22 heavy (non-hydrogen) atoms. The van der Waals surface area contributed by atoms with Gasteiger partial charge in [-0.1, -0.05) is 12.7 Å². The second kappa shape index (κ2) is 6.31. The van der Waals surface area contributed by atoms with Crippen LogP contribution in [0.4, 0.5) is 0 Å². The normalized spacial score (nSPS) is 10.4. The van der Waals surface area contributed by atoms with Gasteiger partial charge in [-0.2, -0.15) is 0 Å². The van der Waals surface area contributed by atoms with Crippen LogP contribution in [0.25, 0.3) is 10.2 Å². The molecule has 1 amide bonds. The smallest absolute Gasteiger partial charge is 0.322 e. The Labute approximate surface area is 127 Å². The summed E-state index contributed by atoms with van der Waals surface area (Å²) in [5.41, 5.74) is -1.14. The number of carboxylic acids is 1. The van der Waals surface area contributed by atoms with E-state index in [2.05, 4.69) is 6.58 Å². The summed E-state index contributed by atoms with van der Waals surface area (Å²) in [6.07, 6.45) is 1.42. The van der Waals surface area contributed by atoms with Gasteiger partial charge in [0.05, 0.1) is 4.70 Å². The number of aromatic hydroxyl groups is 1. The Kier molecular flexibility index (Phi) is 4.47. The van der Waals surface area contributed by atoms with Gasteiger partial charge in [0.25, 0.3) is 11.5 Å². The monoisotopic (exact) mass is 324 g/mol. The van der Waals surface area contributed by atoms with Gasteiger partial charge in [-0.05, 0) is 11.4 Å². The zero-order valence-electron chi connectivity index (χ0n) is 11.2. The molecule has 9 heteroatoms. The molecule has 0 atom stereocenters. The van der Waals surface area contributed by atoms with Crippen molar-refractivity contribution in [3.05, 3.63) is 40.0 Å². The molecular formula is C13H12N2O6S. The maximum Gasteiger partial charge on any atom is 0.322 e. The number of fused-ring (bicyclic) bond motifs is 1. The lowest BCUT2D eigenvalue weighted by atomic mass is 10.2. The number of carbonyl (C=O) groups is 2. The molecule has 8 nitrogen and oxygen atoms in total. The van der Waals surface area contributed by atoms with Crippen molar-refractivity contribution in [2.45, 2.75) is 0 Å². The molecule has 0 aliphatic heterocycles. The summed E-state index contributed by atoms with van der Waals surface area (Å²) in [5.74, 6) is -2.76. The number of rotatable bonds is 6. The highest BCUT2D eigenvalue weighted by molar-refractivity contribution is 7.17. The second-order valence-electron chi connectivity index (χ2n) is 4.12. The third-order valence-corrected chi connectivity index (χ3v) is 3.57. The number of aromatic nitrogens is 1. The SMILES string of the molecule is C=CCOn1c(=O)c(C(=O)NCC(=O)O)c(O)c2sccc21. The fraction of sp³-hybridized carbons (Fsp3) is 0.154. The Bertz CT molecular complexity index is 807. The average molecular weight is 324 g/mol. The number of hydrogen-bond donors (Lipinski definition) is 3. The highest BCUT2D eigenvalue weighted by Gasteiger charge is 2.24. The van der Waals surface area contributed by atoms with E-state index in [1.165, 1.54) is 6.08 Å². The molecule has 0 saturated heterocycles. The van der Waals surface area contributed by atoms with E-state index < -0.39 is 35.3 Å². The zero-order chi connectivity index (χ0) is 16.3. The molecule has 2 heterocycles. The van der Waals surface area contributed by atoms with Crippen molar-refractivity contribution in [3.8, 4) is 5.75 Å². The minimum absolute atomic E-state index is 0.0197. The summed E-state index contributed by atoms with van der Waals surface area (Å²) in [7, 11) is 0. The highest BCUT2D eigenvalue weighted by atomic mass is 32.1. The van der Waals surface area contributed by atoms with Gasteiger partial charge in [-0.15, -0.1) is 16.1 Å². The van der Waals surface area contributed by atoms with E-state index in [9.17, 15) is 19.5 Å². The van der Waals surface area contributed by atoms with Crippen LogP contribution in [-0.4, -0.2) is 40.0 Å². The van der Waals surface area contributed by atoms with Gasteiger partial charge in [-0.25, -0.2) is 0 Å². The molecule has 0 unspecified atom stereocenters. The summed E-state index contributed by atoms with van der Waals surface area (Å²) in [6, 6.07) is 1.56. The van der Waals surface area contributed by atoms with E-state index in [-0.39, 0.29) is 11.3 Å². The molecule has 2 aromatic heterocycles. The first-order valence-electron chi connectivity index (χ1n) is 6.06. The summed E-state index contributed by atoms with van der Waals surface area (Å²) >= 11 is 1.11. The molecule has 2 rings (SSSR count). The third kappa shape index (κ3) is 2.79. The van der Waals surface area contributed by atoms with E-state index in [0.717, 1.165) is 16.1 Å². The lowest BCUT2D eigenvalue weighted by Crippen LogP contribution is -2.37. The lowest BCUT2D eigenvalue weighted by Gasteiger charge is -2.12. The first-order chi connectivity index (χ1) is 10.5. The molecule has 0 fully saturated rings. The van der Waals surface area contributed by atoms with Crippen LogP contribution < -0.4 is 15.7 Å². The largest absolute Gasteiger partial charge is 0.505 e. The van der Waals surface area contributed by atoms with Crippen LogP contribution >= 0.6 is 11.3 Å². The Morgan fingerprint density at radius 2 is 2.23 bits per heavy atom. The maximum absolute atomic E-state index is 12.3. The number of nitrogens with one attached hydrogen (secondary N) is 1. The average Bonchev–Trinajstić information content (AvgIpc) is 2.94. The van der Waals surface area contributed by atoms with Crippen LogP contribution in [0.1, 0.15) is 10.4 Å². The van der Waals surface area contributed by atoms with Crippen LogP contribution in [0, 0.1) is 0 Å². The van der Waals surface area contributed by atoms with E-state index in [1.54, 1.807) is 11.4 Å². The summed E-state index contributed by atoms with van der Waals surface area (Å²) < 4.78 is 1.16. The number of aliphatic carboxylic acids is 1. The van der Waals surface area contributed by atoms with Crippen LogP contribution in [0.15, 0.2) is 28.9 Å². The van der Waals surface area contributed by atoms with Crippen LogP contribution in [0.3, 0.4) is 0 Å². The topological polar surface area (TPSA) is 118 Å². The number of thiophene rings is 1. The highest BCUT2D eigenvalue weighted by Crippen LogP contribution is 2.30. The number of amides is 1. The van der Waals surface area contributed by atoms with Gasteiger partial charge < -0.3 is 20.4 Å². The Morgan fingerprint density at radius 1 is 1.50 bits per heavy atom. The fourth-order valence-corrected chi connectivity index (χ4v) is 2.59. The van der Waals surface area contributed by atoms with Crippen molar-refractivity contribution < 1.29 is 24.6 Å². The molecule has 0 saturated carbocycles. The van der Waals surface area contributed by atoms with Gasteiger partial charge in [0.1, 0.15) is 18.7 Å². The zero-order valence-corrected chi connectivity index (χ0v) is 12.1. The van der Waals surface area contributed by atoms with Crippen LogP contribution in [-0.2, 0) is 4.79 Å². The van der Waals surface area contributed by atoms with Crippen molar-refractivity contribution in [2.24, 2.45) is 0 Å². The third-order valence-electron chi connectivity index (χ3n) is 2.66. The summed E-state index contributed by atoms with van der Waals surface area (Å²) in [5, 5.41) is 22.3. The van der Waals surface area contributed by atoms with Crippen molar-refractivity contribution >= 4 is 33.4 Å². The van der Waals surface area contributed by atoms with E-state index in [0.29, 0.717) is 5.52 Å². The minimum atomic E-state index is -1.27. The quantitative estimate of drug-likeness (QED) is 0.653. The van der Waals surface area contributed by atoms with E-state index >= 15 is 0 Å². The molecule has 0 spiro atoms. The fourth-order valence-electron chi connectivity index (χ4n) is 1.77. The molecule has 0 aromatic carbocycles. The van der Waals surface area contributed by atoms with Gasteiger partial charge in [0.15, 0.2) is 11.3 Å². The van der Waals surface area contributed by atoms with Crippen LogP contribution in [0.2, 0.25) is 0 Å². The standard InChI is InChI=1S/C13H12N2O6S/c1-2-4-21-15-7-3-5-22-11(7)10(18)9(13(15)20)12(19)14-6-8(16)17/h2-3,5,18H,1,4,6H2,(H,14,19)(H,16,17). The van der Waals surface area contributed by atoms with Crippen LogP contribution in [0.5, 0.6) is 5.75 Å². The first-order valence-corrected chi connectivity index (χ1v) is 6.94. The predicted molar refractivity (Wildman–Crippen MR) is 79.4 cm³/mol. The first kappa shape index (κ1) is 15.6. The van der Waals surface area contributed by atoms with Gasteiger partial charge in [-0.3, -0.25) is 14.4 Å². The molecule has 0 radical (unpaired) electrons. The van der Waals surface area contributed by atoms with Gasteiger partial charge in [0.2, 0.25) is 0 Å². The number of hydrogen-bond acceptors (Lipinski definition) is 6.